The lowest BCUT2D eigenvalue weighted by atomic mass is 9.96. The number of aryl methyl sites for hydroxylation is 1. The number of carbonyl (C=O) groups is 1. The molecule has 116 valence electrons. The van der Waals surface area contributed by atoms with E-state index in [1.54, 1.807) is 11.6 Å². The predicted molar refractivity (Wildman–Crippen MR) is 79.1 cm³/mol. The smallest absolute Gasteiger partial charge is 0.263 e. The predicted octanol–water partition coefficient (Wildman–Crippen LogP) is 0.0210. The third-order valence-electron chi connectivity index (χ3n) is 3.79. The zero-order valence-electron chi connectivity index (χ0n) is 12.0. The van der Waals surface area contributed by atoms with Crippen molar-refractivity contribution in [2.75, 3.05) is 0 Å². The second-order valence-electron chi connectivity index (χ2n) is 5.32. The van der Waals surface area contributed by atoms with Gasteiger partial charge in [-0.05, 0) is 17.5 Å². The molecule has 1 aliphatic heterocycles. The number of sulfonamides is 1. The van der Waals surface area contributed by atoms with Crippen molar-refractivity contribution in [3.63, 3.8) is 0 Å². The van der Waals surface area contributed by atoms with Gasteiger partial charge in [0.1, 0.15) is 6.04 Å². The molecule has 0 radical (unpaired) electrons. The molecule has 2 aromatic rings. The third-order valence-corrected chi connectivity index (χ3v) is 5.53. The molecule has 2 heterocycles. The SMILES string of the molecule is Cn1cnc(S(=O)(=O)N2Cc3ccccc3C[C@H]2C(N)=O)c1. The van der Waals surface area contributed by atoms with Gasteiger partial charge in [-0.3, -0.25) is 4.79 Å². The highest BCUT2D eigenvalue weighted by atomic mass is 32.2. The van der Waals surface area contributed by atoms with Gasteiger partial charge in [0.2, 0.25) is 5.91 Å². The summed E-state index contributed by atoms with van der Waals surface area (Å²) in [6, 6.07) is 6.54. The van der Waals surface area contributed by atoms with Crippen molar-refractivity contribution in [1.82, 2.24) is 13.9 Å². The molecule has 1 aliphatic rings. The van der Waals surface area contributed by atoms with Gasteiger partial charge in [-0.15, -0.1) is 0 Å². The van der Waals surface area contributed by atoms with E-state index in [1.165, 1.54) is 12.5 Å². The minimum absolute atomic E-state index is 0.0827. The average molecular weight is 320 g/mol. The summed E-state index contributed by atoms with van der Waals surface area (Å²) in [5.41, 5.74) is 7.24. The van der Waals surface area contributed by atoms with Crippen LogP contribution in [0.3, 0.4) is 0 Å². The van der Waals surface area contributed by atoms with E-state index >= 15 is 0 Å². The van der Waals surface area contributed by atoms with Gasteiger partial charge < -0.3 is 10.3 Å². The van der Waals surface area contributed by atoms with E-state index in [2.05, 4.69) is 4.98 Å². The Hall–Kier alpha value is -2.19. The van der Waals surface area contributed by atoms with Crippen LogP contribution in [0.15, 0.2) is 41.8 Å². The molecule has 7 nitrogen and oxygen atoms in total. The van der Waals surface area contributed by atoms with E-state index in [0.29, 0.717) is 0 Å². The summed E-state index contributed by atoms with van der Waals surface area (Å²) in [6.07, 6.45) is 3.09. The number of amides is 1. The summed E-state index contributed by atoms with van der Waals surface area (Å²) >= 11 is 0. The molecule has 1 aromatic heterocycles. The Labute approximate surface area is 128 Å². The standard InChI is InChI=1S/C14H16N4O3S/c1-17-8-13(16-9-17)22(20,21)18-7-11-5-3-2-4-10(11)6-12(18)14(15)19/h2-5,8-9,12H,6-7H2,1H3,(H2,15,19)/t12-/m0/s1. The number of hydrogen-bond donors (Lipinski definition) is 1. The summed E-state index contributed by atoms with van der Waals surface area (Å²) in [7, 11) is -2.19. The van der Waals surface area contributed by atoms with E-state index in [0.717, 1.165) is 15.4 Å². The van der Waals surface area contributed by atoms with Crippen molar-refractivity contribution in [3.05, 3.63) is 47.9 Å². The molecule has 0 saturated carbocycles. The van der Waals surface area contributed by atoms with Gasteiger partial charge in [0.05, 0.1) is 6.33 Å². The molecule has 1 aromatic carbocycles. The summed E-state index contributed by atoms with van der Waals surface area (Å²) in [4.78, 5) is 15.6. The van der Waals surface area contributed by atoms with Crippen molar-refractivity contribution in [3.8, 4) is 0 Å². The molecule has 2 N–H and O–H groups in total. The van der Waals surface area contributed by atoms with Gasteiger partial charge in [-0.25, -0.2) is 13.4 Å². The van der Waals surface area contributed by atoms with E-state index in [4.69, 9.17) is 5.73 Å². The van der Waals surface area contributed by atoms with Crippen LogP contribution in [0.1, 0.15) is 11.1 Å². The van der Waals surface area contributed by atoms with E-state index in [-0.39, 0.29) is 18.0 Å². The monoisotopic (exact) mass is 320 g/mol. The van der Waals surface area contributed by atoms with Crippen LogP contribution < -0.4 is 5.73 Å². The van der Waals surface area contributed by atoms with E-state index < -0.39 is 22.0 Å². The van der Waals surface area contributed by atoms with Crippen LogP contribution >= 0.6 is 0 Å². The Morgan fingerprint density at radius 1 is 1.32 bits per heavy atom. The fourth-order valence-corrected chi connectivity index (χ4v) is 4.18. The summed E-state index contributed by atoms with van der Waals surface area (Å²) in [5.74, 6) is -0.658. The molecule has 0 spiro atoms. The first kappa shape index (κ1) is 14.7. The summed E-state index contributed by atoms with van der Waals surface area (Å²) < 4.78 is 28.2. The van der Waals surface area contributed by atoms with Crippen molar-refractivity contribution in [1.29, 1.82) is 0 Å². The van der Waals surface area contributed by atoms with Crippen LogP contribution in [-0.4, -0.2) is 34.2 Å². The first-order chi connectivity index (χ1) is 10.4. The lowest BCUT2D eigenvalue weighted by Gasteiger charge is -2.33. The topological polar surface area (TPSA) is 98.3 Å². The number of imidazole rings is 1. The number of fused-ring (bicyclic) bond motifs is 1. The molecule has 0 aliphatic carbocycles. The quantitative estimate of drug-likeness (QED) is 0.862. The Morgan fingerprint density at radius 3 is 2.59 bits per heavy atom. The van der Waals surface area contributed by atoms with E-state index in [1.807, 2.05) is 24.3 Å². The second-order valence-corrected chi connectivity index (χ2v) is 7.16. The number of primary amides is 1. The fraction of sp³-hybridized carbons (Fsp3) is 0.286. The van der Waals surface area contributed by atoms with Crippen LogP contribution in [0.4, 0.5) is 0 Å². The van der Waals surface area contributed by atoms with Gasteiger partial charge in [-0.1, -0.05) is 24.3 Å². The zero-order chi connectivity index (χ0) is 15.9. The van der Waals surface area contributed by atoms with Gasteiger partial charge in [0.15, 0.2) is 5.03 Å². The number of nitrogens with two attached hydrogens (primary N) is 1. The highest BCUT2D eigenvalue weighted by Gasteiger charge is 2.39. The van der Waals surface area contributed by atoms with Gasteiger partial charge in [0, 0.05) is 19.8 Å². The first-order valence-electron chi connectivity index (χ1n) is 6.75. The molecule has 0 fully saturated rings. The molecular formula is C14H16N4O3S. The molecule has 3 rings (SSSR count). The number of rotatable bonds is 3. The Bertz CT molecular complexity index is 828. The van der Waals surface area contributed by atoms with Crippen molar-refractivity contribution in [2.24, 2.45) is 12.8 Å². The molecule has 22 heavy (non-hydrogen) atoms. The van der Waals surface area contributed by atoms with Crippen LogP contribution in [-0.2, 0) is 34.8 Å². The van der Waals surface area contributed by atoms with Crippen molar-refractivity contribution < 1.29 is 13.2 Å². The average Bonchev–Trinajstić information content (AvgIpc) is 2.93. The number of nitrogens with zero attached hydrogens (tertiary/aromatic N) is 3. The minimum Gasteiger partial charge on any atom is -0.368 e. The molecule has 1 amide bonds. The van der Waals surface area contributed by atoms with Gasteiger partial charge in [-0.2, -0.15) is 4.31 Å². The fourth-order valence-electron chi connectivity index (χ4n) is 2.64. The number of benzene rings is 1. The normalized spacial score (nSPS) is 18.9. The van der Waals surface area contributed by atoms with Crippen LogP contribution in [0.2, 0.25) is 0 Å². The molecular weight excluding hydrogens is 304 g/mol. The Kier molecular flexibility index (Phi) is 3.50. The lowest BCUT2D eigenvalue weighted by molar-refractivity contribution is -0.122. The van der Waals surface area contributed by atoms with Gasteiger partial charge in [0.25, 0.3) is 10.0 Å². The van der Waals surface area contributed by atoms with Crippen molar-refractivity contribution in [2.45, 2.75) is 24.0 Å². The van der Waals surface area contributed by atoms with Crippen LogP contribution in [0, 0.1) is 0 Å². The number of carbonyl (C=O) groups excluding carboxylic acids is 1. The number of aromatic nitrogens is 2. The lowest BCUT2D eigenvalue weighted by Crippen LogP contribution is -2.51. The largest absolute Gasteiger partial charge is 0.368 e. The molecule has 0 saturated heterocycles. The van der Waals surface area contributed by atoms with Crippen LogP contribution in [0.25, 0.3) is 0 Å². The minimum atomic E-state index is -3.88. The Balaban J connectivity index is 2.06. The maximum atomic E-state index is 12.8. The second kappa shape index (κ2) is 5.22. The highest BCUT2D eigenvalue weighted by Crippen LogP contribution is 2.28. The molecule has 0 bridgehead atoms. The number of hydrogen-bond acceptors (Lipinski definition) is 4. The molecule has 8 heteroatoms. The van der Waals surface area contributed by atoms with Crippen molar-refractivity contribution >= 4 is 15.9 Å². The Morgan fingerprint density at radius 2 is 2.00 bits per heavy atom. The summed E-state index contributed by atoms with van der Waals surface area (Å²) in [6.45, 7) is 0.114. The third kappa shape index (κ3) is 2.40. The van der Waals surface area contributed by atoms with Gasteiger partial charge >= 0.3 is 0 Å². The maximum Gasteiger partial charge on any atom is 0.263 e. The molecule has 0 unspecified atom stereocenters. The highest BCUT2D eigenvalue weighted by molar-refractivity contribution is 7.89. The maximum absolute atomic E-state index is 12.8. The molecule has 1 atom stereocenters. The van der Waals surface area contributed by atoms with Crippen LogP contribution in [0.5, 0.6) is 0 Å². The van der Waals surface area contributed by atoms with E-state index in [9.17, 15) is 13.2 Å². The zero-order valence-corrected chi connectivity index (χ0v) is 12.8. The summed E-state index contributed by atoms with van der Waals surface area (Å²) in [5, 5.41) is -0.0827. The first-order valence-corrected chi connectivity index (χ1v) is 8.19.